The molecule has 15 heavy (non-hydrogen) atoms. The number of rotatable bonds is 2. The Morgan fingerprint density at radius 1 is 1.60 bits per heavy atom. The van der Waals surface area contributed by atoms with E-state index in [1.165, 1.54) is 19.2 Å². The number of aldehydes is 1. The van der Waals surface area contributed by atoms with E-state index < -0.39 is 5.97 Å². The van der Waals surface area contributed by atoms with Gasteiger partial charge >= 0.3 is 5.97 Å². The van der Waals surface area contributed by atoms with Crippen molar-refractivity contribution < 1.29 is 14.3 Å². The van der Waals surface area contributed by atoms with Crippen LogP contribution >= 0.6 is 15.9 Å². The van der Waals surface area contributed by atoms with Crippen LogP contribution in [0, 0.1) is 11.3 Å². The molecule has 0 radical (unpaired) electrons. The molecular weight excluding hydrogens is 262 g/mol. The van der Waals surface area contributed by atoms with Crippen LogP contribution in [-0.2, 0) is 4.74 Å². The van der Waals surface area contributed by atoms with Gasteiger partial charge in [-0.1, -0.05) is 15.9 Å². The van der Waals surface area contributed by atoms with Crippen LogP contribution in [0.3, 0.4) is 0 Å². The van der Waals surface area contributed by atoms with Gasteiger partial charge in [-0.05, 0) is 12.1 Å². The van der Waals surface area contributed by atoms with Crippen LogP contribution in [0.4, 0.5) is 0 Å². The number of esters is 1. The smallest absolute Gasteiger partial charge is 0.339 e. The third-order valence-corrected chi connectivity index (χ3v) is 2.48. The lowest BCUT2D eigenvalue weighted by atomic mass is 10.1. The molecule has 0 N–H and O–H groups in total. The van der Waals surface area contributed by atoms with Crippen molar-refractivity contribution in [3.63, 3.8) is 0 Å². The summed E-state index contributed by atoms with van der Waals surface area (Å²) in [4.78, 5) is 21.9. The standard InChI is InChI=1S/C10H6BrNO3/c1-15-10(14)8-2-7(5-13)9(11)3-6(8)4-12/h2-3,5H,1H3. The number of nitrogens with zero attached hydrogens (tertiary/aromatic N) is 1. The number of hydrogen-bond donors (Lipinski definition) is 0. The van der Waals surface area contributed by atoms with Gasteiger partial charge in [0.1, 0.15) is 6.07 Å². The molecule has 0 heterocycles. The average molecular weight is 268 g/mol. The van der Waals surface area contributed by atoms with E-state index in [2.05, 4.69) is 20.7 Å². The number of carbonyl (C=O) groups is 2. The fraction of sp³-hybridized carbons (Fsp3) is 0.100. The average Bonchev–Trinajstić information content (AvgIpc) is 2.27. The minimum atomic E-state index is -0.637. The van der Waals surface area contributed by atoms with Crippen molar-refractivity contribution in [1.82, 2.24) is 0 Å². The van der Waals surface area contributed by atoms with E-state index in [1.807, 2.05) is 6.07 Å². The zero-order chi connectivity index (χ0) is 11.4. The van der Waals surface area contributed by atoms with Gasteiger partial charge in [-0.2, -0.15) is 5.26 Å². The first kappa shape index (κ1) is 11.4. The van der Waals surface area contributed by atoms with Gasteiger partial charge in [-0.15, -0.1) is 0 Å². The van der Waals surface area contributed by atoms with E-state index in [0.29, 0.717) is 16.3 Å². The molecule has 0 aromatic heterocycles. The summed E-state index contributed by atoms with van der Waals surface area (Å²) in [5, 5.41) is 8.78. The number of halogens is 1. The van der Waals surface area contributed by atoms with Gasteiger partial charge in [0.05, 0.1) is 18.2 Å². The maximum atomic E-state index is 11.3. The number of carbonyl (C=O) groups excluding carboxylic acids is 2. The molecule has 0 saturated heterocycles. The lowest BCUT2D eigenvalue weighted by Crippen LogP contribution is -2.05. The Labute approximate surface area is 94.6 Å². The molecule has 1 rings (SSSR count). The highest BCUT2D eigenvalue weighted by Crippen LogP contribution is 2.21. The topological polar surface area (TPSA) is 67.2 Å². The highest BCUT2D eigenvalue weighted by molar-refractivity contribution is 9.10. The monoisotopic (exact) mass is 267 g/mol. The first-order valence-corrected chi connectivity index (χ1v) is 4.70. The second kappa shape index (κ2) is 4.71. The summed E-state index contributed by atoms with van der Waals surface area (Å²) in [6.45, 7) is 0. The fourth-order valence-corrected chi connectivity index (χ4v) is 1.49. The van der Waals surface area contributed by atoms with Crippen LogP contribution in [0.15, 0.2) is 16.6 Å². The largest absolute Gasteiger partial charge is 0.465 e. The van der Waals surface area contributed by atoms with Crippen molar-refractivity contribution in [2.24, 2.45) is 0 Å². The van der Waals surface area contributed by atoms with Gasteiger partial charge in [0.2, 0.25) is 0 Å². The van der Waals surface area contributed by atoms with E-state index in [0.717, 1.165) is 0 Å². The van der Waals surface area contributed by atoms with Crippen molar-refractivity contribution in [1.29, 1.82) is 5.26 Å². The van der Waals surface area contributed by atoms with E-state index in [9.17, 15) is 9.59 Å². The van der Waals surface area contributed by atoms with Crippen molar-refractivity contribution >= 4 is 28.2 Å². The van der Waals surface area contributed by atoms with Gasteiger partial charge in [-0.25, -0.2) is 4.79 Å². The lowest BCUT2D eigenvalue weighted by Gasteiger charge is -2.04. The van der Waals surface area contributed by atoms with Crippen molar-refractivity contribution in [3.05, 3.63) is 33.3 Å². The fourth-order valence-electron chi connectivity index (χ4n) is 1.05. The maximum Gasteiger partial charge on any atom is 0.339 e. The summed E-state index contributed by atoms with van der Waals surface area (Å²) in [5.74, 6) is -0.637. The molecule has 1 aromatic rings. The Hall–Kier alpha value is -1.67. The summed E-state index contributed by atoms with van der Waals surface area (Å²) in [7, 11) is 1.21. The highest BCUT2D eigenvalue weighted by Gasteiger charge is 2.14. The van der Waals surface area contributed by atoms with Gasteiger partial charge in [0, 0.05) is 10.0 Å². The summed E-state index contributed by atoms with van der Waals surface area (Å²) < 4.78 is 4.97. The Bertz CT molecular complexity index is 462. The second-order valence-electron chi connectivity index (χ2n) is 2.64. The van der Waals surface area contributed by atoms with Crippen LogP contribution < -0.4 is 0 Å². The number of methoxy groups -OCH3 is 1. The molecule has 0 bridgehead atoms. The number of benzene rings is 1. The van der Waals surface area contributed by atoms with Crippen LogP contribution in [-0.4, -0.2) is 19.4 Å². The molecular formula is C10H6BrNO3. The predicted octanol–water partition coefficient (Wildman–Crippen LogP) is 1.92. The summed E-state index contributed by atoms with van der Waals surface area (Å²) in [6, 6.07) is 4.59. The molecule has 0 atom stereocenters. The minimum Gasteiger partial charge on any atom is -0.465 e. The lowest BCUT2D eigenvalue weighted by molar-refractivity contribution is 0.0600. The van der Waals surface area contributed by atoms with Crippen molar-refractivity contribution in [2.45, 2.75) is 0 Å². The second-order valence-corrected chi connectivity index (χ2v) is 3.49. The molecule has 5 heteroatoms. The van der Waals surface area contributed by atoms with Crippen LogP contribution in [0.5, 0.6) is 0 Å². The van der Waals surface area contributed by atoms with Gasteiger partial charge < -0.3 is 4.74 Å². The Balaban J connectivity index is 3.43. The first-order valence-electron chi connectivity index (χ1n) is 3.91. The van der Waals surface area contributed by atoms with Crippen molar-refractivity contribution in [2.75, 3.05) is 7.11 Å². The summed E-state index contributed by atoms with van der Waals surface area (Å²) in [6.07, 6.45) is 0.595. The first-order chi connectivity index (χ1) is 7.13. The molecule has 0 unspecified atom stereocenters. The normalized spacial score (nSPS) is 9.13. The number of hydrogen-bond acceptors (Lipinski definition) is 4. The molecule has 4 nitrogen and oxygen atoms in total. The van der Waals surface area contributed by atoms with Gasteiger partial charge in [0.25, 0.3) is 0 Å². The van der Waals surface area contributed by atoms with Crippen LogP contribution in [0.1, 0.15) is 26.3 Å². The van der Waals surface area contributed by atoms with Crippen molar-refractivity contribution in [3.8, 4) is 6.07 Å². The van der Waals surface area contributed by atoms with E-state index >= 15 is 0 Å². The molecule has 0 spiro atoms. The van der Waals surface area contributed by atoms with E-state index in [4.69, 9.17) is 5.26 Å². The molecule has 0 fully saturated rings. The van der Waals surface area contributed by atoms with Gasteiger partial charge in [-0.3, -0.25) is 4.79 Å². The molecule has 0 aliphatic heterocycles. The third kappa shape index (κ3) is 2.22. The van der Waals surface area contributed by atoms with Crippen LogP contribution in [0.25, 0.3) is 0 Å². The Morgan fingerprint density at radius 2 is 2.27 bits per heavy atom. The maximum absolute atomic E-state index is 11.3. The molecule has 0 aliphatic carbocycles. The SMILES string of the molecule is COC(=O)c1cc(C=O)c(Br)cc1C#N. The minimum absolute atomic E-state index is 0.0882. The quantitative estimate of drug-likeness (QED) is 0.607. The van der Waals surface area contributed by atoms with Gasteiger partial charge in [0.15, 0.2) is 6.29 Å². The Kier molecular flexibility index (Phi) is 3.58. The molecule has 0 saturated carbocycles. The zero-order valence-electron chi connectivity index (χ0n) is 7.78. The molecule has 0 aliphatic rings. The number of nitriles is 1. The third-order valence-electron chi connectivity index (χ3n) is 1.79. The highest BCUT2D eigenvalue weighted by atomic mass is 79.9. The molecule has 76 valence electrons. The van der Waals surface area contributed by atoms with Crippen LogP contribution in [0.2, 0.25) is 0 Å². The van der Waals surface area contributed by atoms with E-state index in [1.54, 1.807) is 0 Å². The molecule has 1 aromatic carbocycles. The van der Waals surface area contributed by atoms with E-state index in [-0.39, 0.29) is 11.1 Å². The summed E-state index contributed by atoms with van der Waals surface area (Å²) in [5.41, 5.74) is 0.555. The zero-order valence-corrected chi connectivity index (χ0v) is 9.37. The summed E-state index contributed by atoms with van der Waals surface area (Å²) >= 11 is 3.12. The number of ether oxygens (including phenoxy) is 1. The predicted molar refractivity (Wildman–Crippen MR) is 55.6 cm³/mol. The molecule has 0 amide bonds. The Morgan fingerprint density at radius 3 is 2.73 bits per heavy atom.